The van der Waals surface area contributed by atoms with Gasteiger partial charge in [-0.15, -0.1) is 0 Å². The summed E-state index contributed by atoms with van der Waals surface area (Å²) in [5.41, 5.74) is 3.32. The number of carbonyl (C=O) groups is 2. The van der Waals surface area contributed by atoms with Crippen molar-refractivity contribution >= 4 is 29.0 Å². The second-order valence-electron chi connectivity index (χ2n) is 6.80. The van der Waals surface area contributed by atoms with Gasteiger partial charge in [-0.3, -0.25) is 15.0 Å². The van der Waals surface area contributed by atoms with E-state index in [0.29, 0.717) is 37.7 Å². The predicted octanol–water partition coefficient (Wildman–Crippen LogP) is 2.61. The van der Waals surface area contributed by atoms with Gasteiger partial charge in [0.2, 0.25) is 5.95 Å². The molecule has 4 rings (SSSR count). The van der Waals surface area contributed by atoms with E-state index in [1.165, 1.54) is 4.90 Å². The van der Waals surface area contributed by atoms with Crippen molar-refractivity contribution in [2.24, 2.45) is 0 Å². The third kappa shape index (κ3) is 3.96. The van der Waals surface area contributed by atoms with Crippen molar-refractivity contribution in [3.8, 4) is 0 Å². The van der Waals surface area contributed by atoms with Gasteiger partial charge in [-0.05, 0) is 29.8 Å². The Bertz CT molecular complexity index is 958. The van der Waals surface area contributed by atoms with Gasteiger partial charge in [-0.25, -0.2) is 9.78 Å². The maximum absolute atomic E-state index is 12.4. The van der Waals surface area contributed by atoms with Gasteiger partial charge >= 0.3 is 6.09 Å². The maximum Gasteiger partial charge on any atom is 0.407 e. The molecule has 0 saturated carbocycles. The molecule has 0 unspecified atom stereocenters. The number of piperazine rings is 1. The van der Waals surface area contributed by atoms with E-state index in [2.05, 4.69) is 20.2 Å². The third-order valence-corrected chi connectivity index (χ3v) is 4.89. The molecular weight excluding hydrogens is 358 g/mol. The topological polar surface area (TPSA) is 102 Å². The van der Waals surface area contributed by atoms with Crippen LogP contribution in [0.5, 0.6) is 0 Å². The molecule has 3 aromatic rings. The third-order valence-electron chi connectivity index (χ3n) is 4.89. The van der Waals surface area contributed by atoms with Crippen LogP contribution in [0.1, 0.15) is 15.9 Å². The highest BCUT2D eigenvalue weighted by Gasteiger charge is 2.20. The van der Waals surface area contributed by atoms with Gasteiger partial charge in [0, 0.05) is 38.3 Å². The molecule has 2 aromatic carbocycles. The number of benzene rings is 2. The number of imidazole rings is 1. The number of fused-ring (bicyclic) bond motifs is 1. The summed E-state index contributed by atoms with van der Waals surface area (Å²) in [6.45, 7) is 3.20. The molecule has 0 aliphatic carbocycles. The van der Waals surface area contributed by atoms with Crippen LogP contribution in [-0.4, -0.2) is 63.1 Å². The SMILES string of the molecule is O=C(Nc1nc2ccccc2[nH]1)c1ccc(CN2CCN(C(=O)O)CC2)cc1. The lowest BCUT2D eigenvalue weighted by Crippen LogP contribution is -2.47. The quantitative estimate of drug-likeness (QED) is 0.647. The first kappa shape index (κ1) is 18.0. The highest BCUT2D eigenvalue weighted by atomic mass is 16.4. The van der Waals surface area contributed by atoms with Crippen molar-refractivity contribution in [1.29, 1.82) is 0 Å². The Labute approximate surface area is 161 Å². The zero-order valence-electron chi connectivity index (χ0n) is 15.3. The van der Waals surface area contributed by atoms with Crippen LogP contribution in [0.25, 0.3) is 11.0 Å². The Balaban J connectivity index is 1.35. The van der Waals surface area contributed by atoms with E-state index in [4.69, 9.17) is 5.11 Å². The number of hydrogen-bond acceptors (Lipinski definition) is 4. The van der Waals surface area contributed by atoms with Crippen molar-refractivity contribution in [2.75, 3.05) is 31.5 Å². The van der Waals surface area contributed by atoms with Crippen molar-refractivity contribution in [3.63, 3.8) is 0 Å². The number of aromatic amines is 1. The molecule has 1 aliphatic rings. The number of rotatable bonds is 4. The van der Waals surface area contributed by atoms with Crippen LogP contribution >= 0.6 is 0 Å². The molecule has 1 fully saturated rings. The molecule has 1 aromatic heterocycles. The summed E-state index contributed by atoms with van der Waals surface area (Å²) >= 11 is 0. The van der Waals surface area contributed by atoms with Crippen molar-refractivity contribution in [3.05, 3.63) is 59.7 Å². The van der Waals surface area contributed by atoms with E-state index in [1.807, 2.05) is 36.4 Å². The summed E-state index contributed by atoms with van der Waals surface area (Å²) in [5, 5.41) is 11.8. The summed E-state index contributed by atoms with van der Waals surface area (Å²) in [4.78, 5) is 34.5. The summed E-state index contributed by atoms with van der Waals surface area (Å²) in [6.07, 6.45) is -0.862. The maximum atomic E-state index is 12.4. The molecule has 2 amide bonds. The Hall–Kier alpha value is -3.39. The molecule has 0 radical (unpaired) electrons. The van der Waals surface area contributed by atoms with Gasteiger partial charge in [-0.2, -0.15) is 0 Å². The number of carbonyl (C=O) groups excluding carboxylic acids is 1. The molecular formula is C20H21N5O3. The van der Waals surface area contributed by atoms with Crippen LogP contribution in [0.2, 0.25) is 0 Å². The normalized spacial score (nSPS) is 14.9. The standard InChI is InChI=1S/C20H21N5O3/c26-18(23-19-21-16-3-1-2-4-17(16)22-19)15-7-5-14(6-8-15)13-24-9-11-25(12-10-24)20(27)28/h1-8H,9-13H2,(H,27,28)(H2,21,22,23,26). The van der Waals surface area contributed by atoms with Gasteiger partial charge in [-0.1, -0.05) is 24.3 Å². The number of nitrogens with zero attached hydrogens (tertiary/aromatic N) is 3. The Kier molecular flexibility index (Phi) is 4.94. The van der Waals surface area contributed by atoms with Crippen LogP contribution in [0, 0.1) is 0 Å². The number of amides is 2. The minimum absolute atomic E-state index is 0.222. The lowest BCUT2D eigenvalue weighted by molar-refractivity contribution is 0.102. The summed E-state index contributed by atoms with van der Waals surface area (Å²) in [5.74, 6) is 0.201. The number of anilines is 1. The minimum Gasteiger partial charge on any atom is -0.465 e. The van der Waals surface area contributed by atoms with Crippen molar-refractivity contribution < 1.29 is 14.7 Å². The molecule has 1 saturated heterocycles. The Morgan fingerprint density at radius 3 is 2.43 bits per heavy atom. The molecule has 0 bridgehead atoms. The number of H-pyrrole nitrogens is 1. The van der Waals surface area contributed by atoms with Gasteiger partial charge in [0.15, 0.2) is 0 Å². The molecule has 0 spiro atoms. The first-order chi connectivity index (χ1) is 13.6. The highest BCUT2D eigenvalue weighted by Crippen LogP contribution is 2.15. The summed E-state index contributed by atoms with van der Waals surface area (Å²) in [6, 6.07) is 15.0. The lowest BCUT2D eigenvalue weighted by Gasteiger charge is -2.33. The van der Waals surface area contributed by atoms with E-state index in [0.717, 1.165) is 23.1 Å². The van der Waals surface area contributed by atoms with Crippen LogP contribution < -0.4 is 5.32 Å². The fourth-order valence-electron chi connectivity index (χ4n) is 3.31. The lowest BCUT2D eigenvalue weighted by atomic mass is 10.1. The average Bonchev–Trinajstić information content (AvgIpc) is 3.11. The van der Waals surface area contributed by atoms with E-state index < -0.39 is 6.09 Å². The molecule has 2 heterocycles. The number of carboxylic acid groups (broad SMARTS) is 1. The monoisotopic (exact) mass is 379 g/mol. The van der Waals surface area contributed by atoms with Gasteiger partial charge < -0.3 is 15.0 Å². The van der Waals surface area contributed by atoms with Crippen molar-refractivity contribution in [1.82, 2.24) is 19.8 Å². The molecule has 0 atom stereocenters. The predicted molar refractivity (Wildman–Crippen MR) is 105 cm³/mol. The first-order valence-electron chi connectivity index (χ1n) is 9.14. The van der Waals surface area contributed by atoms with Crippen LogP contribution in [0.3, 0.4) is 0 Å². The first-order valence-corrected chi connectivity index (χ1v) is 9.14. The second-order valence-corrected chi connectivity index (χ2v) is 6.80. The second kappa shape index (κ2) is 7.69. The highest BCUT2D eigenvalue weighted by molar-refractivity contribution is 6.03. The molecule has 144 valence electrons. The van der Waals surface area contributed by atoms with E-state index in [1.54, 1.807) is 12.1 Å². The molecule has 28 heavy (non-hydrogen) atoms. The summed E-state index contributed by atoms with van der Waals surface area (Å²) < 4.78 is 0. The molecule has 8 heteroatoms. The number of hydrogen-bond donors (Lipinski definition) is 3. The number of aromatic nitrogens is 2. The fraction of sp³-hybridized carbons (Fsp3) is 0.250. The Morgan fingerprint density at radius 1 is 1.04 bits per heavy atom. The molecule has 1 aliphatic heterocycles. The minimum atomic E-state index is -0.862. The largest absolute Gasteiger partial charge is 0.465 e. The van der Waals surface area contributed by atoms with Gasteiger partial charge in [0.25, 0.3) is 5.91 Å². The zero-order chi connectivity index (χ0) is 19.5. The van der Waals surface area contributed by atoms with Crippen LogP contribution in [0.15, 0.2) is 48.5 Å². The summed E-state index contributed by atoms with van der Waals surface area (Å²) in [7, 11) is 0. The van der Waals surface area contributed by atoms with Crippen LogP contribution in [-0.2, 0) is 6.54 Å². The van der Waals surface area contributed by atoms with E-state index in [-0.39, 0.29) is 5.91 Å². The van der Waals surface area contributed by atoms with Gasteiger partial charge in [0.05, 0.1) is 11.0 Å². The van der Waals surface area contributed by atoms with E-state index in [9.17, 15) is 9.59 Å². The van der Waals surface area contributed by atoms with Crippen LogP contribution in [0.4, 0.5) is 10.7 Å². The Morgan fingerprint density at radius 2 is 1.75 bits per heavy atom. The van der Waals surface area contributed by atoms with Crippen molar-refractivity contribution in [2.45, 2.75) is 6.54 Å². The fourth-order valence-corrected chi connectivity index (χ4v) is 3.31. The molecule has 3 N–H and O–H groups in total. The number of para-hydroxylation sites is 2. The zero-order valence-corrected chi connectivity index (χ0v) is 15.3. The van der Waals surface area contributed by atoms with E-state index >= 15 is 0 Å². The molecule has 8 nitrogen and oxygen atoms in total. The number of nitrogens with one attached hydrogen (secondary N) is 2. The average molecular weight is 379 g/mol. The van der Waals surface area contributed by atoms with Gasteiger partial charge in [0.1, 0.15) is 0 Å². The smallest absolute Gasteiger partial charge is 0.407 e.